The second kappa shape index (κ2) is 7.92. The van der Waals surface area contributed by atoms with Crippen LogP contribution in [0.2, 0.25) is 0 Å². The third kappa shape index (κ3) is 4.29. The third-order valence-corrected chi connectivity index (χ3v) is 3.74. The van der Waals surface area contributed by atoms with E-state index in [2.05, 4.69) is 36.3 Å². The van der Waals surface area contributed by atoms with E-state index in [-0.39, 0.29) is 6.04 Å². The van der Waals surface area contributed by atoms with Crippen LogP contribution in [0.3, 0.4) is 0 Å². The fourth-order valence-electron chi connectivity index (χ4n) is 2.48. The van der Waals surface area contributed by atoms with Gasteiger partial charge in [-0.2, -0.15) is 0 Å². The van der Waals surface area contributed by atoms with Gasteiger partial charge in [-0.1, -0.05) is 32.0 Å². The van der Waals surface area contributed by atoms with Crippen molar-refractivity contribution in [3.63, 3.8) is 0 Å². The predicted octanol–water partition coefficient (Wildman–Crippen LogP) is 3.11. The van der Waals surface area contributed by atoms with Crippen LogP contribution in [0.4, 0.5) is 0 Å². The van der Waals surface area contributed by atoms with E-state index in [1.54, 1.807) is 19.5 Å². The van der Waals surface area contributed by atoms with Crippen molar-refractivity contribution in [1.29, 1.82) is 0 Å². The van der Waals surface area contributed by atoms with Gasteiger partial charge in [-0.15, -0.1) is 0 Å². The molecule has 118 valence electrons. The number of benzene rings is 1. The van der Waals surface area contributed by atoms with Gasteiger partial charge >= 0.3 is 0 Å². The Hall–Kier alpha value is -1.91. The average Bonchev–Trinajstić information content (AvgIpc) is 2.56. The highest BCUT2D eigenvalue weighted by Gasteiger charge is 2.17. The first-order valence-electron chi connectivity index (χ1n) is 7.57. The van der Waals surface area contributed by atoms with Gasteiger partial charge in [-0.05, 0) is 29.7 Å². The van der Waals surface area contributed by atoms with Crippen LogP contribution in [0, 0.1) is 5.92 Å². The SMILES string of the molecule is COc1ccc([C@H](NC[C@H](O)c2cccnc2)C(C)C)cc1. The molecular formula is C18H24N2O2. The Bertz CT molecular complexity index is 555. The maximum atomic E-state index is 10.3. The van der Waals surface area contributed by atoms with Crippen molar-refractivity contribution in [2.24, 2.45) is 5.92 Å². The van der Waals surface area contributed by atoms with Crippen molar-refractivity contribution in [3.8, 4) is 5.75 Å². The average molecular weight is 300 g/mol. The zero-order valence-electron chi connectivity index (χ0n) is 13.4. The number of hydrogen-bond donors (Lipinski definition) is 2. The molecule has 0 aliphatic rings. The van der Waals surface area contributed by atoms with Gasteiger partial charge < -0.3 is 15.2 Å². The monoisotopic (exact) mass is 300 g/mol. The van der Waals surface area contributed by atoms with E-state index in [1.807, 2.05) is 24.3 Å². The van der Waals surface area contributed by atoms with Crippen LogP contribution < -0.4 is 10.1 Å². The molecule has 4 heteroatoms. The molecule has 22 heavy (non-hydrogen) atoms. The van der Waals surface area contributed by atoms with Crippen LogP contribution >= 0.6 is 0 Å². The minimum atomic E-state index is -0.562. The molecule has 0 saturated carbocycles. The molecule has 0 aliphatic heterocycles. The van der Waals surface area contributed by atoms with Gasteiger partial charge in [0.2, 0.25) is 0 Å². The summed E-state index contributed by atoms with van der Waals surface area (Å²) in [5, 5.41) is 13.7. The Labute approximate surface area is 132 Å². The van der Waals surface area contributed by atoms with E-state index in [0.29, 0.717) is 12.5 Å². The summed E-state index contributed by atoms with van der Waals surface area (Å²) in [4.78, 5) is 4.04. The summed E-state index contributed by atoms with van der Waals surface area (Å²) in [6, 6.07) is 11.9. The molecule has 0 radical (unpaired) electrons. The van der Waals surface area contributed by atoms with Crippen molar-refractivity contribution in [2.75, 3.05) is 13.7 Å². The molecule has 4 nitrogen and oxygen atoms in total. The topological polar surface area (TPSA) is 54.4 Å². The molecule has 0 fully saturated rings. The Morgan fingerprint density at radius 3 is 2.41 bits per heavy atom. The lowest BCUT2D eigenvalue weighted by Gasteiger charge is -2.25. The highest BCUT2D eigenvalue weighted by molar-refractivity contribution is 5.29. The maximum absolute atomic E-state index is 10.3. The quantitative estimate of drug-likeness (QED) is 0.825. The van der Waals surface area contributed by atoms with Gasteiger partial charge in [0.15, 0.2) is 0 Å². The second-order valence-corrected chi connectivity index (χ2v) is 5.71. The Kier molecular flexibility index (Phi) is 5.92. The molecule has 0 amide bonds. The minimum absolute atomic E-state index is 0.178. The summed E-state index contributed by atoms with van der Waals surface area (Å²) in [5.41, 5.74) is 2.02. The van der Waals surface area contributed by atoms with Gasteiger partial charge in [0.05, 0.1) is 13.2 Å². The molecule has 0 aliphatic carbocycles. The molecule has 2 rings (SSSR count). The zero-order valence-corrected chi connectivity index (χ0v) is 13.4. The summed E-state index contributed by atoms with van der Waals surface area (Å²) in [6.07, 6.45) is 2.84. The van der Waals surface area contributed by atoms with Crippen molar-refractivity contribution in [1.82, 2.24) is 10.3 Å². The summed E-state index contributed by atoms with van der Waals surface area (Å²) >= 11 is 0. The molecule has 2 N–H and O–H groups in total. The molecule has 0 unspecified atom stereocenters. The lowest BCUT2D eigenvalue weighted by atomic mass is 9.95. The summed E-state index contributed by atoms with van der Waals surface area (Å²) < 4.78 is 5.20. The first kappa shape index (κ1) is 16.5. The summed E-state index contributed by atoms with van der Waals surface area (Å²) in [7, 11) is 1.66. The largest absolute Gasteiger partial charge is 0.497 e. The molecule has 2 atom stereocenters. The van der Waals surface area contributed by atoms with Crippen LogP contribution in [-0.4, -0.2) is 23.7 Å². The van der Waals surface area contributed by atoms with Crippen LogP contribution in [0.25, 0.3) is 0 Å². The first-order valence-corrected chi connectivity index (χ1v) is 7.57. The zero-order chi connectivity index (χ0) is 15.9. The Balaban J connectivity index is 2.02. The van der Waals surface area contributed by atoms with E-state index < -0.39 is 6.10 Å². The van der Waals surface area contributed by atoms with E-state index in [0.717, 1.165) is 11.3 Å². The number of aromatic nitrogens is 1. The van der Waals surface area contributed by atoms with Crippen LogP contribution in [-0.2, 0) is 0 Å². The highest BCUT2D eigenvalue weighted by Crippen LogP contribution is 2.24. The number of hydrogen-bond acceptors (Lipinski definition) is 4. The molecule has 1 heterocycles. The molecule has 0 spiro atoms. The smallest absolute Gasteiger partial charge is 0.118 e. The maximum Gasteiger partial charge on any atom is 0.118 e. The Morgan fingerprint density at radius 2 is 1.86 bits per heavy atom. The molecule has 1 aromatic heterocycles. The third-order valence-electron chi connectivity index (χ3n) is 3.74. The number of aliphatic hydroxyl groups is 1. The Morgan fingerprint density at radius 1 is 1.14 bits per heavy atom. The van der Waals surface area contributed by atoms with E-state index >= 15 is 0 Å². The normalized spacial score (nSPS) is 13.9. The van der Waals surface area contributed by atoms with Crippen molar-refractivity contribution < 1.29 is 9.84 Å². The van der Waals surface area contributed by atoms with Crippen LogP contribution in [0.15, 0.2) is 48.8 Å². The van der Waals surface area contributed by atoms with Crippen molar-refractivity contribution in [3.05, 3.63) is 59.9 Å². The molecule has 0 saturated heterocycles. The van der Waals surface area contributed by atoms with E-state index in [9.17, 15) is 5.11 Å². The number of nitrogens with one attached hydrogen (secondary N) is 1. The van der Waals surface area contributed by atoms with Gasteiger partial charge in [0.25, 0.3) is 0 Å². The van der Waals surface area contributed by atoms with Crippen molar-refractivity contribution >= 4 is 0 Å². The van der Waals surface area contributed by atoms with E-state index in [4.69, 9.17) is 4.74 Å². The first-order chi connectivity index (χ1) is 10.6. The molecule has 0 bridgehead atoms. The van der Waals surface area contributed by atoms with E-state index in [1.165, 1.54) is 5.56 Å². The lowest BCUT2D eigenvalue weighted by Crippen LogP contribution is -2.29. The number of methoxy groups -OCH3 is 1. The second-order valence-electron chi connectivity index (χ2n) is 5.71. The van der Waals surface area contributed by atoms with Crippen LogP contribution in [0.5, 0.6) is 5.75 Å². The number of pyridine rings is 1. The lowest BCUT2D eigenvalue weighted by molar-refractivity contribution is 0.165. The van der Waals surface area contributed by atoms with Gasteiger partial charge in [-0.25, -0.2) is 0 Å². The highest BCUT2D eigenvalue weighted by atomic mass is 16.5. The summed E-state index contributed by atoms with van der Waals surface area (Å²) in [5.74, 6) is 1.26. The fourth-order valence-corrected chi connectivity index (χ4v) is 2.48. The van der Waals surface area contributed by atoms with Crippen LogP contribution in [0.1, 0.15) is 37.1 Å². The minimum Gasteiger partial charge on any atom is -0.497 e. The predicted molar refractivity (Wildman–Crippen MR) is 87.8 cm³/mol. The van der Waals surface area contributed by atoms with Gasteiger partial charge in [0.1, 0.15) is 5.75 Å². The number of ether oxygens (including phenoxy) is 1. The summed E-state index contributed by atoms with van der Waals surface area (Å²) in [6.45, 7) is 4.82. The fraction of sp³-hybridized carbons (Fsp3) is 0.389. The van der Waals surface area contributed by atoms with Crippen molar-refractivity contribution in [2.45, 2.75) is 26.0 Å². The molecule has 1 aromatic carbocycles. The molecular weight excluding hydrogens is 276 g/mol. The van der Waals surface area contributed by atoms with Gasteiger partial charge in [0, 0.05) is 30.5 Å². The standard InChI is InChI=1S/C18H24N2O2/c1-13(2)18(14-6-8-16(22-3)9-7-14)20-12-17(21)15-5-4-10-19-11-15/h4-11,13,17-18,20-21H,12H2,1-3H3/t17-,18+/m0/s1. The number of nitrogens with zero attached hydrogens (tertiary/aromatic N) is 1. The molecule has 2 aromatic rings. The number of aliphatic hydroxyl groups excluding tert-OH is 1. The van der Waals surface area contributed by atoms with Gasteiger partial charge in [-0.3, -0.25) is 4.98 Å². The number of rotatable bonds is 7.